The molecule has 4 rings (SSSR count). The van der Waals surface area contributed by atoms with Gasteiger partial charge in [0, 0.05) is 36.6 Å². The highest BCUT2D eigenvalue weighted by molar-refractivity contribution is 7.89. The number of H-pyrrole nitrogens is 1. The van der Waals surface area contributed by atoms with E-state index in [1.807, 2.05) is 0 Å². The largest absolute Gasteiger partial charge is 0.352 e. The minimum atomic E-state index is -3.66. The fraction of sp³-hybridized carbons (Fsp3) is 0.500. The van der Waals surface area contributed by atoms with Crippen LogP contribution < -0.4 is 10.9 Å². The Hall–Kier alpha value is -2.45. The highest BCUT2D eigenvalue weighted by atomic mass is 32.2. The van der Waals surface area contributed by atoms with Crippen molar-refractivity contribution in [3.63, 3.8) is 0 Å². The number of pyridine rings is 1. The molecule has 1 amide bonds. The molecule has 1 fully saturated rings. The van der Waals surface area contributed by atoms with Crippen LogP contribution in [-0.2, 0) is 10.0 Å². The van der Waals surface area contributed by atoms with Crippen molar-refractivity contribution in [3.8, 4) is 0 Å². The first-order valence-corrected chi connectivity index (χ1v) is 13.0. The first-order valence-electron chi connectivity index (χ1n) is 11.6. The Balaban J connectivity index is 1.60. The summed E-state index contributed by atoms with van der Waals surface area (Å²) in [5.74, 6) is -0.359. The smallest absolute Gasteiger partial charge is 0.252 e. The number of carbonyl (C=O) groups excluding carboxylic acids is 1. The third kappa shape index (κ3) is 5.13. The van der Waals surface area contributed by atoms with Crippen LogP contribution in [0, 0.1) is 0 Å². The number of fused-ring (bicyclic) bond motifs is 1. The van der Waals surface area contributed by atoms with E-state index in [1.165, 1.54) is 40.9 Å². The zero-order chi connectivity index (χ0) is 22.6. The van der Waals surface area contributed by atoms with Crippen molar-refractivity contribution in [3.05, 3.63) is 51.8 Å². The molecule has 0 unspecified atom stereocenters. The molecular formula is C24H31N3O4S. The van der Waals surface area contributed by atoms with Gasteiger partial charge in [0.1, 0.15) is 0 Å². The molecule has 1 aliphatic carbocycles. The Morgan fingerprint density at radius 2 is 1.81 bits per heavy atom. The Bertz CT molecular complexity index is 1180. The molecule has 32 heavy (non-hydrogen) atoms. The van der Waals surface area contributed by atoms with Gasteiger partial charge in [0.05, 0.1) is 10.5 Å². The van der Waals surface area contributed by atoms with Crippen molar-refractivity contribution >= 4 is 26.8 Å². The summed E-state index contributed by atoms with van der Waals surface area (Å²) in [6.45, 7) is 1.51. The molecule has 2 aliphatic rings. The number of aromatic nitrogens is 1. The van der Waals surface area contributed by atoms with Gasteiger partial charge in [-0.15, -0.1) is 0 Å². The van der Waals surface area contributed by atoms with E-state index in [9.17, 15) is 18.0 Å². The average molecular weight is 458 g/mol. The second-order valence-electron chi connectivity index (χ2n) is 8.69. The summed E-state index contributed by atoms with van der Waals surface area (Å²) in [5.41, 5.74) is 1.63. The number of hydrogen-bond donors (Lipinski definition) is 2. The number of rotatable bonds is 6. The van der Waals surface area contributed by atoms with E-state index in [-0.39, 0.29) is 21.9 Å². The lowest BCUT2D eigenvalue weighted by Crippen LogP contribution is -2.32. The van der Waals surface area contributed by atoms with Crippen molar-refractivity contribution in [1.82, 2.24) is 14.6 Å². The third-order valence-electron chi connectivity index (χ3n) is 6.38. The number of amides is 1. The van der Waals surface area contributed by atoms with Crippen LogP contribution in [0.1, 0.15) is 68.1 Å². The Morgan fingerprint density at radius 1 is 1.03 bits per heavy atom. The maximum Gasteiger partial charge on any atom is 0.252 e. The molecule has 2 aromatic rings. The summed E-state index contributed by atoms with van der Waals surface area (Å²) < 4.78 is 28.0. The van der Waals surface area contributed by atoms with Gasteiger partial charge in [-0.05, 0) is 63.1 Å². The summed E-state index contributed by atoms with van der Waals surface area (Å²) in [6, 6.07) is 5.85. The number of nitrogens with one attached hydrogen (secondary N) is 2. The van der Waals surface area contributed by atoms with E-state index >= 15 is 0 Å². The topological polar surface area (TPSA) is 99.3 Å². The van der Waals surface area contributed by atoms with Crippen molar-refractivity contribution < 1.29 is 13.2 Å². The van der Waals surface area contributed by atoms with Crippen LogP contribution in [0.5, 0.6) is 0 Å². The summed E-state index contributed by atoms with van der Waals surface area (Å²) in [6.07, 6.45) is 11.4. The van der Waals surface area contributed by atoms with Gasteiger partial charge in [-0.2, -0.15) is 4.31 Å². The fourth-order valence-corrected chi connectivity index (χ4v) is 6.12. The lowest BCUT2D eigenvalue weighted by Gasteiger charge is -2.20. The van der Waals surface area contributed by atoms with Crippen LogP contribution in [0.4, 0.5) is 0 Å². The van der Waals surface area contributed by atoms with Gasteiger partial charge >= 0.3 is 0 Å². The van der Waals surface area contributed by atoms with Crippen molar-refractivity contribution in [1.29, 1.82) is 0 Å². The maximum absolute atomic E-state index is 13.2. The molecular weight excluding hydrogens is 426 g/mol. The number of allylic oxidation sites excluding steroid dienone is 1. The molecule has 0 atom stereocenters. The Kier molecular flexibility index (Phi) is 7.10. The van der Waals surface area contributed by atoms with Gasteiger partial charge in [0.2, 0.25) is 15.6 Å². The van der Waals surface area contributed by atoms with E-state index < -0.39 is 10.0 Å². The molecule has 2 N–H and O–H groups in total. The lowest BCUT2D eigenvalue weighted by molar-refractivity contribution is 0.0955. The highest BCUT2D eigenvalue weighted by Gasteiger charge is 2.26. The number of aromatic amines is 1. The number of hydrogen-bond acceptors (Lipinski definition) is 4. The van der Waals surface area contributed by atoms with Crippen molar-refractivity contribution in [2.75, 3.05) is 19.6 Å². The lowest BCUT2D eigenvalue weighted by atomic mass is 9.97. The summed E-state index contributed by atoms with van der Waals surface area (Å²) in [4.78, 5) is 27.9. The highest BCUT2D eigenvalue weighted by Crippen LogP contribution is 2.25. The zero-order valence-electron chi connectivity index (χ0n) is 18.4. The number of sulfonamides is 1. The predicted molar refractivity (Wildman–Crippen MR) is 125 cm³/mol. The molecule has 1 aliphatic heterocycles. The maximum atomic E-state index is 13.2. The number of carbonyl (C=O) groups is 1. The van der Waals surface area contributed by atoms with E-state index in [0.717, 1.165) is 44.9 Å². The molecule has 1 aromatic heterocycles. The summed E-state index contributed by atoms with van der Waals surface area (Å²) >= 11 is 0. The molecule has 0 spiro atoms. The standard InChI is InChI=1S/C24H31N3O4S/c28-23-17-21(24(29)25-13-12-18-8-4-3-5-9-18)20-16-19(10-11-22(20)26-23)32(30,31)27-14-6-1-2-7-15-27/h8,10-11,16-17H,1-7,9,12-15H2,(H,25,29)(H,26,28). The fourth-order valence-electron chi connectivity index (χ4n) is 4.58. The monoisotopic (exact) mass is 457 g/mol. The van der Waals surface area contributed by atoms with Gasteiger partial charge in [-0.25, -0.2) is 8.42 Å². The molecule has 1 aromatic carbocycles. The first-order chi connectivity index (χ1) is 15.4. The molecule has 1 saturated heterocycles. The summed E-state index contributed by atoms with van der Waals surface area (Å²) in [5, 5.41) is 3.34. The van der Waals surface area contributed by atoms with Crippen LogP contribution >= 0.6 is 0 Å². The quantitative estimate of drug-likeness (QED) is 0.646. The minimum absolute atomic E-state index is 0.153. The predicted octanol–water partition coefficient (Wildman–Crippen LogP) is 3.71. The molecule has 0 bridgehead atoms. The van der Waals surface area contributed by atoms with Crippen LogP contribution in [0.15, 0.2) is 45.6 Å². The van der Waals surface area contributed by atoms with Gasteiger partial charge in [-0.3, -0.25) is 9.59 Å². The van der Waals surface area contributed by atoms with Crippen molar-refractivity contribution in [2.24, 2.45) is 0 Å². The number of nitrogens with zero attached hydrogens (tertiary/aromatic N) is 1. The van der Waals surface area contributed by atoms with Crippen LogP contribution in [0.25, 0.3) is 10.9 Å². The summed E-state index contributed by atoms with van der Waals surface area (Å²) in [7, 11) is -3.66. The van der Waals surface area contributed by atoms with E-state index in [0.29, 0.717) is 30.5 Å². The molecule has 172 valence electrons. The molecule has 7 nitrogen and oxygen atoms in total. The van der Waals surface area contributed by atoms with E-state index in [1.54, 1.807) is 6.07 Å². The van der Waals surface area contributed by atoms with Crippen LogP contribution in [0.3, 0.4) is 0 Å². The first kappa shape index (κ1) is 22.7. The second kappa shape index (κ2) is 10.0. The molecule has 8 heteroatoms. The van der Waals surface area contributed by atoms with Gasteiger partial charge in [0.15, 0.2) is 0 Å². The zero-order valence-corrected chi connectivity index (χ0v) is 19.2. The average Bonchev–Trinajstić information content (AvgIpc) is 3.09. The van der Waals surface area contributed by atoms with Crippen molar-refractivity contribution in [2.45, 2.75) is 62.7 Å². The van der Waals surface area contributed by atoms with E-state index in [4.69, 9.17) is 0 Å². The van der Waals surface area contributed by atoms with Crippen LogP contribution in [-0.4, -0.2) is 43.2 Å². The molecule has 2 heterocycles. The SMILES string of the molecule is O=C(NCCC1=CCCCC1)c1cc(=O)[nH]c2ccc(S(=O)(=O)N3CCCCCC3)cc12. The van der Waals surface area contributed by atoms with E-state index in [2.05, 4.69) is 16.4 Å². The minimum Gasteiger partial charge on any atom is -0.352 e. The second-order valence-corrected chi connectivity index (χ2v) is 10.6. The molecule has 0 saturated carbocycles. The van der Waals surface area contributed by atoms with Gasteiger partial charge < -0.3 is 10.3 Å². The van der Waals surface area contributed by atoms with Gasteiger partial charge in [-0.1, -0.05) is 24.5 Å². The Morgan fingerprint density at radius 3 is 2.53 bits per heavy atom. The normalized spacial score (nSPS) is 18.2. The third-order valence-corrected chi connectivity index (χ3v) is 8.27. The number of benzene rings is 1. The Labute approximate surface area is 188 Å². The molecule has 0 radical (unpaired) electrons. The van der Waals surface area contributed by atoms with Crippen LogP contribution in [0.2, 0.25) is 0 Å². The van der Waals surface area contributed by atoms with Gasteiger partial charge in [0.25, 0.3) is 5.91 Å².